The predicted octanol–water partition coefficient (Wildman–Crippen LogP) is 33.6. The van der Waals surface area contributed by atoms with E-state index in [1.807, 2.05) is 54.6 Å². The van der Waals surface area contributed by atoms with Crippen LogP contribution in [-0.2, 0) is 38.4 Å². The van der Waals surface area contributed by atoms with Gasteiger partial charge in [-0.1, -0.05) is 352 Å². The van der Waals surface area contributed by atoms with Gasteiger partial charge in [0.15, 0.2) is 5.75 Å². The van der Waals surface area contributed by atoms with Crippen molar-refractivity contribution in [2.24, 2.45) is 0 Å². The number of halogens is 5. The first kappa shape index (κ1) is 93.9. The van der Waals surface area contributed by atoms with Crippen molar-refractivity contribution in [3.63, 3.8) is 0 Å². The maximum absolute atomic E-state index is 13.7. The zero-order valence-electron chi connectivity index (χ0n) is 75.4. The lowest BCUT2D eigenvalue weighted by Crippen LogP contribution is -2.10. The molecule has 0 N–H and O–H groups in total. The molecule has 1 aliphatic rings. The molecule has 15 rings (SSSR count). The Labute approximate surface area is 741 Å². The predicted molar refractivity (Wildman–Crippen MR) is 510 cm³/mol. The van der Waals surface area contributed by atoms with Gasteiger partial charge in [-0.15, -0.1) is 0 Å². The van der Waals surface area contributed by atoms with E-state index in [4.69, 9.17) is 23.7 Å². The van der Waals surface area contributed by atoms with Gasteiger partial charge in [0.1, 0.15) is 56.0 Å². The molecule has 0 aliphatic heterocycles. The summed E-state index contributed by atoms with van der Waals surface area (Å²) in [7, 11) is 0. The lowest BCUT2D eigenvalue weighted by atomic mass is 9.84. The molecule has 0 saturated heterocycles. The Bertz CT molecular complexity index is 5580. The second kappa shape index (κ2) is 46.8. The van der Waals surface area contributed by atoms with E-state index in [2.05, 4.69) is 327 Å². The minimum absolute atomic E-state index is 0.172. The molecular formula is C115H125F5O5. The molecular weight excluding hydrogens is 1560 g/mol. The molecule has 14 aromatic rings. The summed E-state index contributed by atoms with van der Waals surface area (Å²) in [6, 6.07) is 106. The van der Waals surface area contributed by atoms with E-state index in [9.17, 15) is 22.0 Å². The van der Waals surface area contributed by atoms with Crippen LogP contribution >= 0.6 is 0 Å². The zero-order chi connectivity index (χ0) is 88.8. The van der Waals surface area contributed by atoms with Crippen molar-refractivity contribution in [1.29, 1.82) is 0 Å². The molecule has 1 saturated carbocycles. The molecule has 5 nitrogen and oxygen atoms in total. The molecule has 5 unspecified atom stereocenters. The Morgan fingerprint density at radius 2 is 0.584 bits per heavy atom. The van der Waals surface area contributed by atoms with Gasteiger partial charge >= 0.3 is 0 Å². The second-order valence-corrected chi connectivity index (χ2v) is 34.5. The van der Waals surface area contributed by atoms with Gasteiger partial charge < -0.3 is 23.7 Å². The van der Waals surface area contributed by atoms with Gasteiger partial charge in [-0.3, -0.25) is 0 Å². The van der Waals surface area contributed by atoms with Gasteiger partial charge in [0.05, 0.1) is 0 Å². The molecule has 1 fully saturated rings. The minimum atomic E-state index is -2.21. The summed E-state index contributed by atoms with van der Waals surface area (Å²) in [4.78, 5) is 0. The Morgan fingerprint density at radius 1 is 0.272 bits per heavy atom. The average molecular weight is 1680 g/mol. The van der Waals surface area contributed by atoms with Crippen LogP contribution in [-0.4, -0.2) is 0 Å². The molecule has 0 spiro atoms. The highest BCUT2D eigenvalue weighted by Crippen LogP contribution is 2.37. The Hall–Kier alpha value is -11.8. The third kappa shape index (κ3) is 27.4. The first-order chi connectivity index (χ1) is 60.5. The quantitative estimate of drug-likeness (QED) is 0.0278. The molecule has 10 heteroatoms. The maximum Gasteiger partial charge on any atom is 0.207 e. The number of benzene rings is 14. The molecule has 0 aromatic heterocycles. The molecule has 1 aliphatic carbocycles. The van der Waals surface area contributed by atoms with Crippen LogP contribution in [0, 0.1) is 29.1 Å². The van der Waals surface area contributed by atoms with Crippen LogP contribution < -0.4 is 23.7 Å². The first-order valence-electron chi connectivity index (χ1n) is 45.0. The van der Waals surface area contributed by atoms with Crippen molar-refractivity contribution in [1.82, 2.24) is 0 Å². The van der Waals surface area contributed by atoms with Gasteiger partial charge in [-0.25, -0.2) is 13.2 Å². The lowest BCUT2D eigenvalue weighted by molar-refractivity contribution is 0.253. The number of ether oxygens (including phenoxy) is 5. The Morgan fingerprint density at radius 3 is 0.992 bits per heavy atom. The third-order valence-electron chi connectivity index (χ3n) is 24.5. The van der Waals surface area contributed by atoms with Crippen LogP contribution in [0.5, 0.6) is 28.7 Å². The summed E-state index contributed by atoms with van der Waals surface area (Å²) in [5.41, 5.74) is 20.0. The van der Waals surface area contributed by atoms with E-state index in [1.165, 1.54) is 152 Å². The van der Waals surface area contributed by atoms with Gasteiger partial charge in [0, 0.05) is 0 Å². The van der Waals surface area contributed by atoms with Gasteiger partial charge in [-0.05, 0) is 257 Å². The van der Waals surface area contributed by atoms with Gasteiger partial charge in [-0.2, -0.15) is 8.78 Å². The smallest absolute Gasteiger partial charge is 0.207 e. The highest BCUT2D eigenvalue weighted by Gasteiger charge is 2.28. The second-order valence-electron chi connectivity index (χ2n) is 34.5. The molecule has 0 radical (unpaired) electrons. The van der Waals surface area contributed by atoms with E-state index >= 15 is 0 Å². The Kier molecular flexibility index (Phi) is 35.2. The fourth-order valence-electron chi connectivity index (χ4n) is 15.1. The summed E-state index contributed by atoms with van der Waals surface area (Å²) in [6.07, 6.45) is 12.6. The summed E-state index contributed by atoms with van der Waals surface area (Å²) >= 11 is 0. The van der Waals surface area contributed by atoms with E-state index in [0.717, 1.165) is 46.1 Å². The van der Waals surface area contributed by atoms with Crippen molar-refractivity contribution in [3.05, 3.63) is 399 Å². The monoisotopic (exact) mass is 1680 g/mol. The standard InChI is InChI=1S/C25H30O.C23H24O.C23H30O.C23H24O.C21H17F5O/c1-6-18(2)20-9-10-21-15-19(7-8-22(21)16-20)17-26-24-13-11-23(12-14-24)25(3,4)5;1-3-18(2)20-14-12-19(13-15-20)17-24-23-11-7-10-22(16-23)21-8-5-4-6-9-21;2*1-3-18(2)20-11-9-19(10-12-20)17-24-23-15-13-22(14-16-23)21-7-5-4-6-8-21;1-3-11(2)13-6-7-14-8-12(4-5-15(14)9-13)10-27-21-19(25)17(23)16(22)18(24)20(21)26/h7-16,18H,6,17H2,1-5H3;4-16,18H,3,17H2,1-2H3;9-16,18,21H,3-8,17H2,1-2H3;4-16,18H,3,17H2,1-2H3;4-9,11H,3,10H2,1-2H3. The van der Waals surface area contributed by atoms with Crippen molar-refractivity contribution >= 4 is 21.5 Å². The molecule has 0 bridgehead atoms. The number of hydrogen-bond acceptors (Lipinski definition) is 5. The molecule has 0 amide bonds. The van der Waals surface area contributed by atoms with E-state index < -0.39 is 34.8 Å². The maximum atomic E-state index is 13.7. The topological polar surface area (TPSA) is 46.2 Å². The van der Waals surface area contributed by atoms with Crippen LogP contribution in [0.3, 0.4) is 0 Å². The van der Waals surface area contributed by atoms with Crippen molar-refractivity contribution in [2.75, 3.05) is 0 Å². The Balaban J connectivity index is 0.000000152. The molecule has 5 atom stereocenters. The van der Waals surface area contributed by atoms with Crippen LogP contribution in [0.15, 0.2) is 303 Å². The van der Waals surface area contributed by atoms with Gasteiger partial charge in [0.2, 0.25) is 29.1 Å². The van der Waals surface area contributed by atoms with Crippen LogP contribution in [0.4, 0.5) is 22.0 Å². The largest absolute Gasteiger partial charge is 0.489 e. The lowest BCUT2D eigenvalue weighted by Gasteiger charge is -2.22. The van der Waals surface area contributed by atoms with E-state index in [0.29, 0.717) is 61.6 Å². The van der Waals surface area contributed by atoms with E-state index in [1.54, 1.807) is 12.1 Å². The van der Waals surface area contributed by atoms with Crippen molar-refractivity contribution in [3.8, 4) is 51.0 Å². The first-order valence-corrected chi connectivity index (χ1v) is 45.0. The SMILES string of the molecule is CCC(C)c1ccc(COc2ccc(-c3ccccc3)cc2)cc1.CCC(C)c1ccc(COc2ccc(C3CCCCC3)cc2)cc1.CCC(C)c1ccc(COc2cccc(-c3ccccc3)c2)cc1.CCC(C)c1ccc2cc(COc3c(F)c(F)c(F)c(F)c3F)ccc2c1.CCC(C)c1ccc2cc(COc3ccc(C(C)(C)C)cc3)ccc2c1. The highest BCUT2D eigenvalue weighted by atomic mass is 19.2. The molecule has 650 valence electrons. The number of fused-ring (bicyclic) bond motifs is 2. The minimum Gasteiger partial charge on any atom is -0.489 e. The fraction of sp³-hybridized carbons (Fsp3) is 0.304. The fourth-order valence-corrected chi connectivity index (χ4v) is 15.1. The zero-order valence-corrected chi connectivity index (χ0v) is 75.4. The molecule has 125 heavy (non-hydrogen) atoms. The van der Waals surface area contributed by atoms with Crippen molar-refractivity contribution in [2.45, 2.75) is 228 Å². The summed E-state index contributed by atoms with van der Waals surface area (Å²) in [5, 5.41) is 4.47. The normalized spacial score (nSPS) is 13.2. The average Bonchev–Trinajstić information content (AvgIpc) is 0.817. The van der Waals surface area contributed by atoms with Gasteiger partial charge in [0.25, 0.3) is 0 Å². The summed E-state index contributed by atoms with van der Waals surface area (Å²) < 4.78 is 95.6. The molecule has 0 heterocycles. The number of hydrogen-bond donors (Lipinski definition) is 0. The summed E-state index contributed by atoms with van der Waals surface area (Å²) in [6.45, 7) is 31.0. The van der Waals surface area contributed by atoms with Crippen molar-refractivity contribution < 1.29 is 45.6 Å². The van der Waals surface area contributed by atoms with Crippen LogP contribution in [0.2, 0.25) is 0 Å². The summed E-state index contributed by atoms with van der Waals surface area (Å²) in [5.74, 6) is -4.14. The highest BCUT2D eigenvalue weighted by molar-refractivity contribution is 5.85. The third-order valence-corrected chi connectivity index (χ3v) is 24.5. The van der Waals surface area contributed by atoms with Crippen LogP contribution in [0.25, 0.3) is 43.8 Å². The molecule has 14 aromatic carbocycles. The van der Waals surface area contributed by atoms with Crippen LogP contribution in [0.1, 0.15) is 256 Å². The van der Waals surface area contributed by atoms with E-state index in [-0.39, 0.29) is 12.0 Å². The number of rotatable bonds is 28.